The Bertz CT molecular complexity index is 949. The molecule has 1 aromatic carbocycles. The molecule has 2 heterocycles. The van der Waals surface area contributed by atoms with Crippen LogP contribution in [0.4, 0.5) is 5.69 Å². The van der Waals surface area contributed by atoms with Crippen LogP contribution in [0.25, 0.3) is 5.65 Å². The maximum atomic E-state index is 12.8. The Morgan fingerprint density at radius 1 is 1.26 bits per heavy atom. The van der Waals surface area contributed by atoms with E-state index in [0.717, 1.165) is 17.1 Å². The van der Waals surface area contributed by atoms with Crippen LogP contribution in [0.15, 0.2) is 53.8 Å². The van der Waals surface area contributed by atoms with E-state index in [9.17, 15) is 4.79 Å². The molecule has 0 aliphatic carbocycles. The van der Waals surface area contributed by atoms with Gasteiger partial charge in [-0.15, -0.1) is 10.2 Å². The molecule has 0 unspecified atom stereocenters. The summed E-state index contributed by atoms with van der Waals surface area (Å²) >= 11 is 1.32. The fraction of sp³-hybridized carbons (Fsp3) is 0.263. The number of rotatable bonds is 8. The molecule has 8 heteroatoms. The third kappa shape index (κ3) is 4.57. The molecular formula is C19H19N5O2S. The Morgan fingerprint density at radius 2 is 2.07 bits per heavy atom. The van der Waals surface area contributed by atoms with Crippen molar-refractivity contribution in [3.63, 3.8) is 0 Å². The first-order valence-electron chi connectivity index (χ1n) is 8.55. The lowest BCUT2D eigenvalue weighted by Gasteiger charge is -2.21. The van der Waals surface area contributed by atoms with E-state index in [2.05, 4.69) is 16.3 Å². The lowest BCUT2D eigenvalue weighted by Crippen LogP contribution is -2.33. The van der Waals surface area contributed by atoms with Gasteiger partial charge in [0.25, 0.3) is 0 Å². The predicted molar refractivity (Wildman–Crippen MR) is 104 cm³/mol. The minimum atomic E-state index is -0.0907. The first kappa shape index (κ1) is 18.7. The number of aromatic nitrogens is 3. The van der Waals surface area contributed by atoms with Crippen LogP contribution in [0.5, 0.6) is 5.75 Å². The van der Waals surface area contributed by atoms with Gasteiger partial charge in [-0.25, -0.2) is 0 Å². The number of ether oxygens (including phenoxy) is 1. The van der Waals surface area contributed by atoms with Crippen LogP contribution in [0.1, 0.15) is 13.3 Å². The topological polar surface area (TPSA) is 83.5 Å². The van der Waals surface area contributed by atoms with Gasteiger partial charge in [0.1, 0.15) is 5.75 Å². The Hall–Kier alpha value is -3.05. The van der Waals surface area contributed by atoms with Gasteiger partial charge in [0.05, 0.1) is 24.8 Å². The summed E-state index contributed by atoms with van der Waals surface area (Å²) < 4.78 is 7.28. The molecule has 0 N–H and O–H groups in total. The highest BCUT2D eigenvalue weighted by Gasteiger charge is 2.17. The van der Waals surface area contributed by atoms with E-state index in [-0.39, 0.29) is 18.1 Å². The van der Waals surface area contributed by atoms with Crippen LogP contribution in [0.2, 0.25) is 0 Å². The second-order valence-electron chi connectivity index (χ2n) is 5.58. The standard InChI is InChI=1S/C19H19N5O2S/c1-2-26-16-9-7-15(8-10-16)23(13-5-11-20)18(25)14-27-19-22-21-17-6-3-4-12-24(17)19/h3-4,6-10,12H,2,5,13-14H2,1H3. The monoisotopic (exact) mass is 381 g/mol. The molecule has 1 amide bonds. The lowest BCUT2D eigenvalue weighted by atomic mass is 10.2. The maximum Gasteiger partial charge on any atom is 0.237 e. The second-order valence-corrected chi connectivity index (χ2v) is 6.52. The molecule has 138 valence electrons. The zero-order valence-electron chi connectivity index (χ0n) is 14.9. The van der Waals surface area contributed by atoms with Crippen molar-refractivity contribution in [3.8, 4) is 11.8 Å². The van der Waals surface area contributed by atoms with Crippen LogP contribution in [0.3, 0.4) is 0 Å². The van der Waals surface area contributed by atoms with Gasteiger partial charge in [-0.3, -0.25) is 9.20 Å². The van der Waals surface area contributed by atoms with Gasteiger partial charge in [-0.2, -0.15) is 5.26 Å². The molecule has 0 spiro atoms. The fourth-order valence-electron chi connectivity index (χ4n) is 2.57. The van der Waals surface area contributed by atoms with Crippen LogP contribution in [-0.4, -0.2) is 39.4 Å². The number of amides is 1. The Balaban J connectivity index is 1.72. The van der Waals surface area contributed by atoms with Crippen LogP contribution in [-0.2, 0) is 4.79 Å². The van der Waals surface area contributed by atoms with Gasteiger partial charge >= 0.3 is 0 Å². The number of carbonyl (C=O) groups is 1. The quantitative estimate of drug-likeness (QED) is 0.557. The average molecular weight is 381 g/mol. The van der Waals surface area contributed by atoms with E-state index in [1.807, 2.05) is 60.0 Å². The molecule has 0 saturated carbocycles. The molecular weight excluding hydrogens is 362 g/mol. The van der Waals surface area contributed by atoms with E-state index in [1.165, 1.54) is 11.8 Å². The van der Waals surface area contributed by atoms with Crippen LogP contribution < -0.4 is 9.64 Å². The summed E-state index contributed by atoms with van der Waals surface area (Å²) in [6.45, 7) is 2.84. The number of thioether (sulfide) groups is 1. The smallest absolute Gasteiger partial charge is 0.237 e. The van der Waals surface area contributed by atoms with Crippen molar-refractivity contribution in [1.82, 2.24) is 14.6 Å². The molecule has 0 saturated heterocycles. The predicted octanol–water partition coefficient (Wildman–Crippen LogP) is 3.17. The van der Waals surface area contributed by atoms with Crippen LogP contribution in [0, 0.1) is 11.3 Å². The number of anilines is 1. The van der Waals surface area contributed by atoms with E-state index in [0.29, 0.717) is 18.3 Å². The average Bonchev–Trinajstić information content (AvgIpc) is 3.11. The molecule has 3 aromatic rings. The number of nitrogens with zero attached hydrogens (tertiary/aromatic N) is 5. The summed E-state index contributed by atoms with van der Waals surface area (Å²) in [5, 5.41) is 17.8. The molecule has 0 radical (unpaired) electrons. The van der Waals surface area contributed by atoms with E-state index >= 15 is 0 Å². The number of hydrogen-bond donors (Lipinski definition) is 0. The number of pyridine rings is 1. The van der Waals surface area contributed by atoms with Crippen molar-refractivity contribution in [1.29, 1.82) is 5.26 Å². The number of nitriles is 1. The SMILES string of the molecule is CCOc1ccc(N(CCC#N)C(=O)CSc2nnc3ccccn23)cc1. The van der Waals surface area contributed by atoms with E-state index in [4.69, 9.17) is 10.00 Å². The summed E-state index contributed by atoms with van der Waals surface area (Å²) in [5.41, 5.74) is 1.48. The molecule has 7 nitrogen and oxygen atoms in total. The molecule has 0 bridgehead atoms. The largest absolute Gasteiger partial charge is 0.494 e. The van der Waals surface area contributed by atoms with Gasteiger partial charge in [0, 0.05) is 18.4 Å². The highest BCUT2D eigenvalue weighted by atomic mass is 32.2. The molecule has 0 aliphatic rings. The van der Waals surface area contributed by atoms with Crippen molar-refractivity contribution < 1.29 is 9.53 Å². The summed E-state index contributed by atoms with van der Waals surface area (Å²) in [6.07, 6.45) is 2.12. The Labute approximate surface area is 161 Å². The van der Waals surface area contributed by atoms with Crippen LogP contribution >= 0.6 is 11.8 Å². The van der Waals surface area contributed by atoms with Crippen molar-refractivity contribution in [2.24, 2.45) is 0 Å². The summed E-state index contributed by atoms with van der Waals surface area (Å²) in [7, 11) is 0. The van der Waals surface area contributed by atoms with E-state index in [1.54, 1.807) is 4.90 Å². The van der Waals surface area contributed by atoms with Crippen molar-refractivity contribution in [2.75, 3.05) is 23.8 Å². The van der Waals surface area contributed by atoms with Gasteiger partial charge in [0.15, 0.2) is 10.8 Å². The minimum Gasteiger partial charge on any atom is -0.494 e. The number of benzene rings is 1. The molecule has 2 aromatic heterocycles. The number of fused-ring (bicyclic) bond motifs is 1. The lowest BCUT2D eigenvalue weighted by molar-refractivity contribution is -0.116. The minimum absolute atomic E-state index is 0.0907. The first-order chi connectivity index (χ1) is 13.2. The highest BCUT2D eigenvalue weighted by Crippen LogP contribution is 2.23. The van der Waals surface area contributed by atoms with Crippen molar-refractivity contribution in [3.05, 3.63) is 48.7 Å². The van der Waals surface area contributed by atoms with E-state index < -0.39 is 0 Å². The first-order valence-corrected chi connectivity index (χ1v) is 9.54. The Kier molecular flexibility index (Phi) is 6.28. The fourth-order valence-corrected chi connectivity index (χ4v) is 3.37. The zero-order chi connectivity index (χ0) is 19.1. The van der Waals surface area contributed by atoms with Gasteiger partial charge in [0.2, 0.25) is 5.91 Å². The van der Waals surface area contributed by atoms with Gasteiger partial charge < -0.3 is 9.64 Å². The molecule has 3 rings (SSSR count). The summed E-state index contributed by atoms with van der Waals surface area (Å²) in [5.74, 6) is 0.860. The van der Waals surface area contributed by atoms with Crippen molar-refractivity contribution >= 4 is 29.0 Å². The Morgan fingerprint density at radius 3 is 2.81 bits per heavy atom. The molecule has 27 heavy (non-hydrogen) atoms. The zero-order valence-corrected chi connectivity index (χ0v) is 15.7. The molecule has 0 atom stereocenters. The van der Waals surface area contributed by atoms with Gasteiger partial charge in [-0.05, 0) is 43.3 Å². The number of carbonyl (C=O) groups excluding carboxylic acids is 1. The molecule has 0 aliphatic heterocycles. The second kappa shape index (κ2) is 9.05. The number of hydrogen-bond acceptors (Lipinski definition) is 6. The molecule has 0 fully saturated rings. The van der Waals surface area contributed by atoms with Gasteiger partial charge in [-0.1, -0.05) is 17.8 Å². The van der Waals surface area contributed by atoms with Crippen molar-refractivity contribution in [2.45, 2.75) is 18.5 Å². The normalized spacial score (nSPS) is 10.5. The summed E-state index contributed by atoms with van der Waals surface area (Å²) in [4.78, 5) is 14.4. The third-order valence-corrected chi connectivity index (χ3v) is 4.74. The third-order valence-electron chi connectivity index (χ3n) is 3.81. The highest BCUT2D eigenvalue weighted by molar-refractivity contribution is 7.99. The maximum absolute atomic E-state index is 12.8. The summed E-state index contributed by atoms with van der Waals surface area (Å²) in [6, 6.07) is 15.0.